The number of carbonyl (C=O) groups is 12. The van der Waals surface area contributed by atoms with Crippen LogP contribution in [0.3, 0.4) is 0 Å². The molecule has 0 spiro atoms. The lowest BCUT2D eigenvalue weighted by atomic mass is 9.96. The molecular formula is C84H120N22O19. The van der Waals surface area contributed by atoms with E-state index < -0.39 is 177 Å². The van der Waals surface area contributed by atoms with Crippen molar-refractivity contribution in [1.82, 2.24) is 68.7 Å². The van der Waals surface area contributed by atoms with Crippen LogP contribution in [0.4, 0.5) is 17.1 Å². The zero-order chi connectivity index (χ0) is 92.0. The molecular weight excluding hydrogens is 1620 g/mol. The maximum atomic E-state index is 15.3. The van der Waals surface area contributed by atoms with E-state index in [2.05, 4.69) is 69.1 Å². The molecule has 0 aliphatic carbocycles. The Balaban J connectivity index is 1.23. The normalized spacial score (nSPS) is 14.7. The largest absolute Gasteiger partial charge is 0.497 e. The summed E-state index contributed by atoms with van der Waals surface area (Å²) < 4.78 is 10.5. The fourth-order valence-corrected chi connectivity index (χ4v) is 14.1. The fourth-order valence-electron chi connectivity index (χ4n) is 14.1. The lowest BCUT2D eigenvalue weighted by Gasteiger charge is -2.32. The van der Waals surface area contributed by atoms with E-state index in [1.54, 1.807) is 108 Å². The molecule has 23 N–H and O–H groups in total. The van der Waals surface area contributed by atoms with Crippen LogP contribution >= 0.6 is 0 Å². The summed E-state index contributed by atoms with van der Waals surface area (Å²) >= 11 is 0. The molecule has 0 radical (unpaired) electrons. The average Bonchev–Trinajstić information content (AvgIpc) is 1.77. The monoisotopic (exact) mass is 1740 g/mol. The van der Waals surface area contributed by atoms with Gasteiger partial charge in [0.15, 0.2) is 11.9 Å². The minimum absolute atomic E-state index is 0.00529. The quantitative estimate of drug-likeness (QED) is 0.00658. The van der Waals surface area contributed by atoms with Crippen LogP contribution in [0.1, 0.15) is 159 Å². The number of nitrogens with two attached hydrogens (primary N) is 4. The van der Waals surface area contributed by atoms with Gasteiger partial charge in [0, 0.05) is 62.6 Å². The van der Waals surface area contributed by atoms with E-state index in [9.17, 15) is 63.4 Å². The molecule has 1 fully saturated rings. The first-order valence-corrected chi connectivity index (χ1v) is 41.8. The predicted octanol–water partition coefficient (Wildman–Crippen LogP) is 1.75. The van der Waals surface area contributed by atoms with Crippen molar-refractivity contribution in [2.75, 3.05) is 51.7 Å². The number of anilines is 1. The summed E-state index contributed by atoms with van der Waals surface area (Å²) in [5.74, 6) is -11.4. The molecule has 0 unspecified atom stereocenters. The second-order valence-corrected chi connectivity index (χ2v) is 31.6. The van der Waals surface area contributed by atoms with Crippen LogP contribution in [0.15, 0.2) is 112 Å². The van der Waals surface area contributed by atoms with Crippen LogP contribution in [0, 0.1) is 48.8 Å². The van der Waals surface area contributed by atoms with Gasteiger partial charge in [-0.25, -0.2) is 4.79 Å². The maximum absolute atomic E-state index is 15.3. The number of likely N-dealkylation sites (tertiary alicyclic amines) is 1. The van der Waals surface area contributed by atoms with E-state index in [0.29, 0.717) is 42.6 Å². The first-order chi connectivity index (χ1) is 59.5. The van der Waals surface area contributed by atoms with Crippen molar-refractivity contribution >= 4 is 111 Å². The Morgan fingerprint density at radius 1 is 0.552 bits per heavy atom. The summed E-state index contributed by atoms with van der Waals surface area (Å²) in [5, 5.41) is 74.3. The molecule has 680 valence electrons. The number of benzene rings is 4. The number of amides is 12. The molecule has 0 bridgehead atoms. The third-order valence-electron chi connectivity index (χ3n) is 20.8. The van der Waals surface area contributed by atoms with Gasteiger partial charge in [0.05, 0.1) is 35.1 Å². The molecule has 1 aliphatic rings. The van der Waals surface area contributed by atoms with Gasteiger partial charge in [0.25, 0.3) is 17.3 Å². The second kappa shape index (κ2) is 50.9. The van der Waals surface area contributed by atoms with E-state index in [-0.39, 0.29) is 156 Å². The first kappa shape index (κ1) is 100. The summed E-state index contributed by atoms with van der Waals surface area (Å²) in [6, 6.07) is 12.0. The SMILES string of the molecule is CC[C@H](C)[C@H](NC(=O)[C@@H]1CCCN1C(=O)[C@H](CCCCN)NC(=O)CNC(=O)c1cc(=O)oc2cc(OC)ccc12)C(=O)N[C@@H](CC(C)C)C(=O)N[C@@H](Cc1ccccc1)C(=O)N[C@@H](Cc1ccccc1)C(=O)N[C@@H](CCCNC(=N)N)C(=O)N[C@@H](CC(C)C)C(=O)N[C@@H](CCCCNc1ccc([N+](=O)[O-])cc1[N+](=O)[O-])C(=O)N[C@H](CCCNC(=N)N)C(N)=O. The highest BCUT2D eigenvalue weighted by atomic mass is 16.6. The molecule has 11 atom stereocenters. The van der Waals surface area contributed by atoms with Gasteiger partial charge >= 0.3 is 5.63 Å². The highest BCUT2D eigenvalue weighted by molar-refractivity contribution is 6.07. The number of nitrogens with zero attached hydrogens (tertiary/aromatic N) is 3. The van der Waals surface area contributed by atoms with Crippen molar-refractivity contribution in [1.29, 1.82) is 10.8 Å². The van der Waals surface area contributed by atoms with Crippen LogP contribution in [0.25, 0.3) is 11.0 Å². The Hall–Kier alpha value is -13.4. The summed E-state index contributed by atoms with van der Waals surface area (Å²) in [7, 11) is 1.42. The number of nitro groups is 2. The van der Waals surface area contributed by atoms with Gasteiger partial charge in [-0.3, -0.25) is 88.6 Å². The maximum Gasteiger partial charge on any atom is 0.337 e. The third-order valence-corrected chi connectivity index (χ3v) is 20.8. The average molecular weight is 1740 g/mol. The van der Waals surface area contributed by atoms with Gasteiger partial charge in [-0.2, -0.15) is 0 Å². The minimum atomic E-state index is -1.52. The summed E-state index contributed by atoms with van der Waals surface area (Å²) in [4.78, 5) is 209. The van der Waals surface area contributed by atoms with E-state index in [0.717, 1.165) is 18.2 Å². The molecule has 1 saturated heterocycles. The number of unbranched alkanes of at least 4 members (excludes halogenated alkanes) is 2. The van der Waals surface area contributed by atoms with Gasteiger partial charge in [0.1, 0.15) is 77.4 Å². The zero-order valence-electron chi connectivity index (χ0n) is 71.5. The van der Waals surface area contributed by atoms with Crippen molar-refractivity contribution in [2.45, 2.75) is 211 Å². The number of hydrogen-bond donors (Lipinski definition) is 19. The van der Waals surface area contributed by atoms with E-state index in [1.807, 2.05) is 0 Å². The Morgan fingerprint density at radius 3 is 1.56 bits per heavy atom. The van der Waals surface area contributed by atoms with Gasteiger partial charge in [-0.1, -0.05) is 109 Å². The number of guanidine groups is 2. The van der Waals surface area contributed by atoms with Crippen LogP contribution < -0.4 is 102 Å². The molecule has 0 saturated carbocycles. The molecule has 41 heteroatoms. The summed E-state index contributed by atoms with van der Waals surface area (Å²) in [6.07, 6.45) is 1.69. The highest BCUT2D eigenvalue weighted by Crippen LogP contribution is 2.30. The number of hydrogen-bond acceptors (Lipinski definition) is 23. The smallest absolute Gasteiger partial charge is 0.337 e. The van der Waals surface area contributed by atoms with Crippen LogP contribution in [-0.4, -0.2) is 204 Å². The number of primary amides is 1. The number of rotatable bonds is 53. The number of nitrogens with one attached hydrogen (secondary N) is 15. The molecule has 1 aliphatic heterocycles. The molecule has 2 heterocycles. The summed E-state index contributed by atoms with van der Waals surface area (Å²) in [5.41, 5.74) is 21.8. The van der Waals surface area contributed by atoms with E-state index in [4.69, 9.17) is 42.9 Å². The number of methoxy groups -OCH3 is 1. The van der Waals surface area contributed by atoms with Gasteiger partial charge in [-0.15, -0.1) is 0 Å². The number of non-ortho nitro benzene ring substituents is 1. The number of carbonyl (C=O) groups excluding carboxylic acids is 12. The van der Waals surface area contributed by atoms with Crippen molar-refractivity contribution in [2.24, 2.45) is 40.7 Å². The van der Waals surface area contributed by atoms with Crippen molar-refractivity contribution < 1.29 is 76.5 Å². The molecule has 125 heavy (non-hydrogen) atoms. The molecule has 4 aromatic carbocycles. The number of fused-ring (bicyclic) bond motifs is 1. The highest BCUT2D eigenvalue weighted by Gasteiger charge is 2.42. The molecule has 5 aromatic rings. The molecule has 41 nitrogen and oxygen atoms in total. The molecule has 6 rings (SSSR count). The number of ether oxygens (including phenoxy) is 1. The Bertz CT molecular complexity index is 4630. The second-order valence-electron chi connectivity index (χ2n) is 31.6. The number of nitro benzene ring substituents is 2. The van der Waals surface area contributed by atoms with Crippen molar-refractivity contribution in [3.05, 3.63) is 150 Å². The van der Waals surface area contributed by atoms with Gasteiger partial charge in [-0.05, 0) is 144 Å². The fraction of sp³-hybridized carbons (Fsp3) is 0.512. The third kappa shape index (κ3) is 33.1. The molecule has 12 amide bonds. The topological polar surface area (TPSA) is 642 Å². The summed E-state index contributed by atoms with van der Waals surface area (Å²) in [6.45, 7) is 10.6. The first-order valence-electron chi connectivity index (χ1n) is 41.8. The Labute approximate surface area is 723 Å². The predicted molar refractivity (Wildman–Crippen MR) is 465 cm³/mol. The van der Waals surface area contributed by atoms with E-state index >= 15 is 19.2 Å². The van der Waals surface area contributed by atoms with E-state index in [1.165, 1.54) is 30.2 Å². The molecule has 1 aromatic heterocycles. The van der Waals surface area contributed by atoms with Gasteiger partial charge < -0.3 is 106 Å². The van der Waals surface area contributed by atoms with Gasteiger partial charge in [0.2, 0.25) is 65.0 Å². The van der Waals surface area contributed by atoms with Crippen LogP contribution in [0.2, 0.25) is 0 Å². The van der Waals surface area contributed by atoms with Crippen molar-refractivity contribution in [3.63, 3.8) is 0 Å². The minimum Gasteiger partial charge on any atom is -0.497 e. The lowest BCUT2D eigenvalue weighted by Crippen LogP contribution is -2.61. The zero-order valence-corrected chi connectivity index (χ0v) is 71.5. The lowest BCUT2D eigenvalue weighted by molar-refractivity contribution is -0.393. The Kier molecular flexibility index (Phi) is 40.9. The Morgan fingerprint density at radius 2 is 1.05 bits per heavy atom. The van der Waals surface area contributed by atoms with Crippen LogP contribution in [0.5, 0.6) is 5.75 Å². The standard InChI is InChI=1S/C84H120N22O19/c1-8-50(6)71(103-80(117)66-30-21-39-104(66)82(119)61(27-15-17-35-85)95-69(107)47-94-73(110)56-46-70(108)125-68-45-54(124-7)32-33-55(56)68)81(118)102-63(41-49(4)5)77(114)100-65(43-52-24-13-10-14-25-52)79(116)101-64(42-51-22-11-9-12-23-51)78(115)98-60(29-20-38-93-84(89)90)75(112)99-62(40-48(2)3)76(113)97-59(74(111)96-58(72(86)109)28-19-37-92-83(87)88)26-16-18-36-91-57-34-31-53(105(120)121)44-67(57)106(122)123/h9-14,22-25,31-34,44-46,48-50,58-66,71,91H,8,15-21,26-30,35-43,47,85H2,1-7H3,(H2,86,109)(H,94,110)(H,95,107)(H,96,111)(H,97,113)(H,98,115)(H,99,112)(H,100,114)(H,101,116)(H,102,118)(H,103,117)(H4,87,88,92)(H4,89,90,93)/t50-,58+,59-,60-,61-,62-,63-,64-,65-,66-,71-/m0/s1. The van der Waals surface area contributed by atoms with Crippen molar-refractivity contribution in [3.8, 4) is 5.75 Å². The van der Waals surface area contributed by atoms with Crippen LogP contribution in [-0.2, 0) is 65.6 Å².